The van der Waals surface area contributed by atoms with Crippen LogP contribution in [-0.2, 0) is 0 Å². The molecule has 0 saturated carbocycles. The predicted molar refractivity (Wildman–Crippen MR) is 87.7 cm³/mol. The number of nitro groups is 1. The number of hydrogen-bond donors (Lipinski definition) is 1. The van der Waals surface area contributed by atoms with Crippen molar-refractivity contribution in [1.82, 2.24) is 0 Å². The lowest BCUT2D eigenvalue weighted by atomic mass is 10.2. The second kappa shape index (κ2) is 6.76. The van der Waals surface area contributed by atoms with E-state index < -0.39 is 16.4 Å². The molecule has 0 spiro atoms. The molecule has 0 amide bonds. The summed E-state index contributed by atoms with van der Waals surface area (Å²) in [6.45, 7) is 0. The van der Waals surface area contributed by atoms with E-state index in [1.807, 2.05) is 0 Å². The number of methoxy groups -OCH3 is 1. The molecule has 0 aromatic heterocycles. The van der Waals surface area contributed by atoms with Crippen molar-refractivity contribution in [2.75, 3.05) is 7.11 Å². The maximum atomic E-state index is 10.8. The topological polar surface area (TPSA) is 85.0 Å². The molecular weight excluding hydrogens is 376 g/mol. The number of benzene rings is 2. The van der Waals surface area contributed by atoms with Gasteiger partial charge in [-0.3, -0.25) is 15.1 Å². The summed E-state index contributed by atoms with van der Waals surface area (Å²) >= 11 is 9.14. The van der Waals surface area contributed by atoms with Crippen molar-refractivity contribution in [1.29, 1.82) is 0 Å². The molecule has 1 N–H and O–H groups in total. The number of halogens is 2. The summed E-state index contributed by atoms with van der Waals surface area (Å²) < 4.78 is 5.82. The zero-order chi connectivity index (χ0) is 16.3. The SMILES string of the molecule is COc1ccc(N=Cc2cc(Cl)cc([N+](=O)[O-])c2O)cc1Br. The van der Waals surface area contributed by atoms with Gasteiger partial charge in [-0.1, -0.05) is 11.6 Å². The second-order valence-electron chi connectivity index (χ2n) is 4.20. The first-order chi connectivity index (χ1) is 10.4. The van der Waals surface area contributed by atoms with Gasteiger partial charge in [0, 0.05) is 22.9 Å². The van der Waals surface area contributed by atoms with Crippen LogP contribution in [0.1, 0.15) is 5.56 Å². The maximum Gasteiger partial charge on any atom is 0.312 e. The van der Waals surface area contributed by atoms with Crippen LogP contribution in [0.25, 0.3) is 0 Å². The predicted octanol–water partition coefficient (Wildman–Crippen LogP) is 4.48. The van der Waals surface area contributed by atoms with Crippen molar-refractivity contribution < 1.29 is 14.8 Å². The van der Waals surface area contributed by atoms with Crippen molar-refractivity contribution in [3.8, 4) is 11.5 Å². The third-order valence-corrected chi connectivity index (χ3v) is 3.61. The standard InChI is InChI=1S/C14H10BrClN2O4/c1-22-13-3-2-10(6-11(13)15)17-7-8-4-9(16)5-12(14(8)19)18(20)21/h2-7,19H,1H3. The Morgan fingerprint density at radius 2 is 2.14 bits per heavy atom. The van der Waals surface area contributed by atoms with Gasteiger partial charge in [0.15, 0.2) is 0 Å². The Morgan fingerprint density at radius 1 is 1.41 bits per heavy atom. The lowest BCUT2D eigenvalue weighted by Gasteiger charge is -2.04. The summed E-state index contributed by atoms with van der Waals surface area (Å²) in [6, 6.07) is 7.61. The molecule has 0 bridgehead atoms. The molecular formula is C14H10BrClN2O4. The van der Waals surface area contributed by atoms with E-state index in [1.165, 1.54) is 12.3 Å². The second-order valence-corrected chi connectivity index (χ2v) is 5.49. The number of aliphatic imine (C=N–C) groups is 1. The number of nitrogens with zero attached hydrogens (tertiary/aromatic N) is 2. The third kappa shape index (κ3) is 3.55. The Labute approximate surface area is 139 Å². The van der Waals surface area contributed by atoms with Gasteiger partial charge in [-0.25, -0.2) is 0 Å². The number of phenols is 1. The van der Waals surface area contributed by atoms with Crippen molar-refractivity contribution in [3.05, 3.63) is 55.5 Å². The summed E-state index contributed by atoms with van der Waals surface area (Å²) in [6.07, 6.45) is 1.31. The van der Waals surface area contributed by atoms with Gasteiger partial charge in [0.25, 0.3) is 0 Å². The van der Waals surface area contributed by atoms with E-state index in [1.54, 1.807) is 25.3 Å². The van der Waals surface area contributed by atoms with E-state index in [0.29, 0.717) is 15.9 Å². The van der Waals surface area contributed by atoms with Gasteiger partial charge in [-0.2, -0.15) is 0 Å². The Morgan fingerprint density at radius 3 is 2.73 bits per heavy atom. The molecule has 8 heteroatoms. The van der Waals surface area contributed by atoms with Crippen molar-refractivity contribution in [3.63, 3.8) is 0 Å². The zero-order valence-corrected chi connectivity index (χ0v) is 13.6. The molecule has 0 saturated heterocycles. The Bertz CT molecular complexity index is 765. The van der Waals surface area contributed by atoms with Gasteiger partial charge in [0.05, 0.1) is 22.2 Å². The van der Waals surface area contributed by atoms with Gasteiger partial charge in [-0.15, -0.1) is 0 Å². The van der Waals surface area contributed by atoms with Crippen LogP contribution in [0.3, 0.4) is 0 Å². The number of rotatable bonds is 4. The molecule has 6 nitrogen and oxygen atoms in total. The first-order valence-electron chi connectivity index (χ1n) is 5.97. The largest absolute Gasteiger partial charge is 0.502 e. The van der Waals surface area contributed by atoms with Crippen LogP contribution in [0.2, 0.25) is 5.02 Å². The van der Waals surface area contributed by atoms with Crippen LogP contribution in [0, 0.1) is 10.1 Å². The molecule has 0 unspecified atom stereocenters. The van der Waals surface area contributed by atoms with Gasteiger partial charge in [-0.05, 0) is 40.2 Å². The quantitative estimate of drug-likeness (QED) is 0.478. The molecule has 0 radical (unpaired) electrons. The molecule has 22 heavy (non-hydrogen) atoms. The highest BCUT2D eigenvalue weighted by Crippen LogP contribution is 2.33. The number of phenolic OH excluding ortho intramolecular Hbond substituents is 1. The van der Waals surface area contributed by atoms with Gasteiger partial charge >= 0.3 is 5.69 Å². The molecule has 0 heterocycles. The molecule has 0 aliphatic heterocycles. The summed E-state index contributed by atoms with van der Waals surface area (Å²) in [5, 5.41) is 20.9. The van der Waals surface area contributed by atoms with E-state index in [-0.39, 0.29) is 10.6 Å². The smallest absolute Gasteiger partial charge is 0.312 e. The first kappa shape index (κ1) is 16.3. The fourth-order valence-corrected chi connectivity index (χ4v) is 2.47. The minimum atomic E-state index is -0.706. The highest BCUT2D eigenvalue weighted by Gasteiger charge is 2.17. The monoisotopic (exact) mass is 384 g/mol. The summed E-state index contributed by atoms with van der Waals surface area (Å²) in [4.78, 5) is 14.3. The fourth-order valence-electron chi connectivity index (χ4n) is 1.72. The lowest BCUT2D eigenvalue weighted by Crippen LogP contribution is -1.92. The van der Waals surface area contributed by atoms with Crippen LogP contribution >= 0.6 is 27.5 Å². The Kier molecular flexibility index (Phi) is 4.99. The average molecular weight is 386 g/mol. The minimum absolute atomic E-state index is 0.141. The van der Waals surface area contributed by atoms with Crippen LogP contribution in [0.4, 0.5) is 11.4 Å². The van der Waals surface area contributed by atoms with Crippen molar-refractivity contribution in [2.45, 2.75) is 0 Å². The van der Waals surface area contributed by atoms with E-state index in [2.05, 4.69) is 20.9 Å². The molecule has 0 fully saturated rings. The summed E-state index contributed by atoms with van der Waals surface area (Å²) in [5.41, 5.74) is 0.269. The molecule has 114 valence electrons. The van der Waals surface area contributed by atoms with Crippen LogP contribution in [0.15, 0.2) is 39.8 Å². The van der Waals surface area contributed by atoms with Crippen LogP contribution < -0.4 is 4.74 Å². The average Bonchev–Trinajstić information content (AvgIpc) is 2.47. The molecule has 0 aliphatic carbocycles. The summed E-state index contributed by atoms with van der Waals surface area (Å²) in [7, 11) is 1.55. The number of nitro benzene ring substituents is 1. The fraction of sp³-hybridized carbons (Fsp3) is 0.0714. The normalized spacial score (nSPS) is 10.9. The van der Waals surface area contributed by atoms with Crippen LogP contribution in [-0.4, -0.2) is 23.4 Å². The Hall–Kier alpha value is -2.12. The van der Waals surface area contributed by atoms with Gasteiger partial charge in [0.2, 0.25) is 5.75 Å². The number of aromatic hydroxyl groups is 1. The van der Waals surface area contributed by atoms with E-state index in [0.717, 1.165) is 6.07 Å². The van der Waals surface area contributed by atoms with Crippen molar-refractivity contribution >= 4 is 45.1 Å². The summed E-state index contributed by atoms with van der Waals surface area (Å²) in [5.74, 6) is 0.172. The Balaban J connectivity index is 2.38. The molecule has 0 atom stereocenters. The highest BCUT2D eigenvalue weighted by atomic mass is 79.9. The number of ether oxygens (including phenoxy) is 1. The van der Waals surface area contributed by atoms with E-state index >= 15 is 0 Å². The number of hydrogen-bond acceptors (Lipinski definition) is 5. The third-order valence-electron chi connectivity index (χ3n) is 2.77. The van der Waals surface area contributed by atoms with Gasteiger partial charge < -0.3 is 9.84 Å². The molecule has 0 aliphatic rings. The van der Waals surface area contributed by atoms with E-state index in [9.17, 15) is 15.2 Å². The minimum Gasteiger partial charge on any atom is -0.502 e. The first-order valence-corrected chi connectivity index (χ1v) is 7.14. The van der Waals surface area contributed by atoms with Crippen molar-refractivity contribution in [2.24, 2.45) is 4.99 Å². The molecule has 2 aromatic rings. The lowest BCUT2D eigenvalue weighted by molar-refractivity contribution is -0.385. The molecule has 2 aromatic carbocycles. The maximum absolute atomic E-state index is 10.8. The zero-order valence-electron chi connectivity index (χ0n) is 11.3. The molecule has 2 rings (SSSR count). The highest BCUT2D eigenvalue weighted by molar-refractivity contribution is 9.10. The van der Waals surface area contributed by atoms with Gasteiger partial charge in [0.1, 0.15) is 5.75 Å². The van der Waals surface area contributed by atoms with E-state index in [4.69, 9.17) is 16.3 Å². The van der Waals surface area contributed by atoms with Crippen LogP contribution in [0.5, 0.6) is 11.5 Å².